The zero-order valence-corrected chi connectivity index (χ0v) is 17.5. The minimum absolute atomic E-state index is 0.246. The Morgan fingerprint density at radius 1 is 1.20 bits per heavy atom. The summed E-state index contributed by atoms with van der Waals surface area (Å²) in [6, 6.07) is 17.2. The van der Waals surface area contributed by atoms with Gasteiger partial charge in [0.1, 0.15) is 5.82 Å². The lowest BCUT2D eigenvalue weighted by atomic mass is 10.0. The van der Waals surface area contributed by atoms with E-state index in [1.165, 1.54) is 29.8 Å². The Labute approximate surface area is 180 Å². The van der Waals surface area contributed by atoms with Crippen molar-refractivity contribution in [2.24, 2.45) is 0 Å². The summed E-state index contributed by atoms with van der Waals surface area (Å²) in [7, 11) is 0. The number of rotatable bonds is 5. The second kappa shape index (κ2) is 8.84. The number of aromatic nitrogens is 1. The molecule has 0 spiro atoms. The number of carbonyl (C=O) groups excluding carboxylic acids is 1. The Morgan fingerprint density at radius 3 is 2.77 bits per heavy atom. The van der Waals surface area contributed by atoms with Crippen LogP contribution in [0.2, 0.25) is 5.02 Å². The molecule has 1 amide bonds. The van der Waals surface area contributed by atoms with Crippen molar-refractivity contribution in [3.63, 3.8) is 0 Å². The Hall–Kier alpha value is -2.92. The van der Waals surface area contributed by atoms with Gasteiger partial charge in [0, 0.05) is 23.7 Å². The first-order valence-electron chi connectivity index (χ1n) is 10.1. The fraction of sp³-hybridized carbons (Fsp3) is 0.250. The molecule has 1 unspecified atom stereocenters. The van der Waals surface area contributed by atoms with Crippen molar-refractivity contribution in [2.75, 3.05) is 11.4 Å². The Balaban J connectivity index is 1.48. The zero-order valence-electron chi connectivity index (χ0n) is 16.7. The van der Waals surface area contributed by atoms with Crippen LogP contribution in [-0.2, 0) is 13.0 Å². The second-order valence-electron chi connectivity index (χ2n) is 7.56. The normalized spacial score (nSPS) is 14.2. The third kappa shape index (κ3) is 4.62. The van der Waals surface area contributed by atoms with E-state index in [0.29, 0.717) is 5.56 Å². The number of benzene rings is 2. The fourth-order valence-corrected chi connectivity index (χ4v) is 3.97. The van der Waals surface area contributed by atoms with Crippen molar-refractivity contribution in [2.45, 2.75) is 32.4 Å². The molecule has 2 aromatic carbocycles. The first-order valence-corrected chi connectivity index (χ1v) is 10.4. The van der Waals surface area contributed by atoms with Crippen molar-refractivity contribution in [1.82, 2.24) is 10.3 Å². The summed E-state index contributed by atoms with van der Waals surface area (Å²) in [5.74, 6) is -0.608. The Kier molecular flexibility index (Phi) is 6.00. The van der Waals surface area contributed by atoms with Gasteiger partial charge in [0.2, 0.25) is 0 Å². The summed E-state index contributed by atoms with van der Waals surface area (Å²) in [6.45, 7) is 3.66. The van der Waals surface area contributed by atoms with Gasteiger partial charge >= 0.3 is 0 Å². The van der Waals surface area contributed by atoms with E-state index in [1.807, 2.05) is 31.2 Å². The van der Waals surface area contributed by atoms with Gasteiger partial charge in [0.25, 0.3) is 5.91 Å². The van der Waals surface area contributed by atoms with Gasteiger partial charge in [-0.1, -0.05) is 23.7 Å². The predicted octanol–water partition coefficient (Wildman–Crippen LogP) is 5.32. The number of anilines is 1. The van der Waals surface area contributed by atoms with Crippen LogP contribution in [0.1, 0.15) is 46.7 Å². The van der Waals surface area contributed by atoms with Gasteiger partial charge in [-0.05, 0) is 73.9 Å². The SMILES string of the molecule is CC(NC(=O)c1ccc(F)cc1)c1ccc2c(n1)CCCN2Cc1cccc(Cl)c1. The molecule has 0 fully saturated rings. The van der Waals surface area contributed by atoms with Gasteiger partial charge in [0.05, 0.1) is 23.1 Å². The summed E-state index contributed by atoms with van der Waals surface area (Å²) in [5.41, 5.74) is 4.58. The van der Waals surface area contributed by atoms with Gasteiger partial charge in [0.15, 0.2) is 0 Å². The fourth-order valence-electron chi connectivity index (χ4n) is 3.76. The first kappa shape index (κ1) is 20.4. The molecule has 0 aliphatic carbocycles. The van der Waals surface area contributed by atoms with Gasteiger partial charge in [-0.15, -0.1) is 0 Å². The Morgan fingerprint density at radius 2 is 2.00 bits per heavy atom. The summed E-state index contributed by atoms with van der Waals surface area (Å²) in [6.07, 6.45) is 1.94. The van der Waals surface area contributed by atoms with E-state index < -0.39 is 0 Å². The minimum atomic E-state index is -0.363. The van der Waals surface area contributed by atoms with Crippen LogP contribution in [0.25, 0.3) is 0 Å². The highest BCUT2D eigenvalue weighted by Gasteiger charge is 2.21. The molecular weight excluding hydrogens is 401 g/mol. The number of carbonyl (C=O) groups is 1. The number of hydrogen-bond acceptors (Lipinski definition) is 3. The standard InChI is InChI=1S/C24H23ClFN3O/c1-16(27-24(30)18-7-9-20(26)10-8-18)21-11-12-23-22(28-21)6-3-13-29(23)15-17-4-2-5-19(25)14-17/h2,4-5,7-12,14,16H,3,6,13,15H2,1H3,(H,27,30). The molecule has 2 heterocycles. The lowest BCUT2D eigenvalue weighted by Gasteiger charge is -2.31. The highest BCUT2D eigenvalue weighted by Crippen LogP contribution is 2.29. The summed E-state index contributed by atoms with van der Waals surface area (Å²) in [5, 5.41) is 3.68. The van der Waals surface area contributed by atoms with Crippen LogP contribution in [-0.4, -0.2) is 17.4 Å². The summed E-state index contributed by atoms with van der Waals surface area (Å²) < 4.78 is 13.1. The molecule has 1 atom stereocenters. The van der Waals surface area contributed by atoms with Gasteiger partial charge < -0.3 is 10.2 Å². The molecule has 0 bridgehead atoms. The summed E-state index contributed by atoms with van der Waals surface area (Å²) in [4.78, 5) is 19.6. The highest BCUT2D eigenvalue weighted by atomic mass is 35.5. The third-order valence-electron chi connectivity index (χ3n) is 5.31. The second-order valence-corrected chi connectivity index (χ2v) is 8.00. The zero-order chi connectivity index (χ0) is 21.1. The lowest BCUT2D eigenvalue weighted by Crippen LogP contribution is -2.31. The molecule has 6 heteroatoms. The quantitative estimate of drug-likeness (QED) is 0.604. The van der Waals surface area contributed by atoms with Gasteiger partial charge in [-0.25, -0.2) is 4.39 Å². The molecule has 1 aliphatic rings. The van der Waals surface area contributed by atoms with Crippen LogP contribution in [0.5, 0.6) is 0 Å². The molecule has 1 N–H and O–H groups in total. The van der Waals surface area contributed by atoms with Crippen molar-refractivity contribution in [1.29, 1.82) is 0 Å². The Bertz CT molecular complexity index is 1050. The number of pyridine rings is 1. The number of fused-ring (bicyclic) bond motifs is 1. The molecule has 0 saturated heterocycles. The van der Waals surface area contributed by atoms with Gasteiger partial charge in [-0.3, -0.25) is 9.78 Å². The first-order chi connectivity index (χ1) is 14.5. The molecule has 30 heavy (non-hydrogen) atoms. The van der Waals surface area contributed by atoms with E-state index >= 15 is 0 Å². The largest absolute Gasteiger partial charge is 0.366 e. The molecule has 154 valence electrons. The molecule has 1 aromatic heterocycles. The topological polar surface area (TPSA) is 45.2 Å². The predicted molar refractivity (Wildman–Crippen MR) is 117 cm³/mol. The maximum Gasteiger partial charge on any atom is 0.251 e. The van der Waals surface area contributed by atoms with Crippen LogP contribution in [0.15, 0.2) is 60.7 Å². The van der Waals surface area contributed by atoms with Crippen LogP contribution in [0.3, 0.4) is 0 Å². The maximum atomic E-state index is 13.1. The van der Waals surface area contributed by atoms with E-state index in [-0.39, 0.29) is 17.8 Å². The number of aryl methyl sites for hydroxylation is 1. The maximum absolute atomic E-state index is 13.1. The third-order valence-corrected chi connectivity index (χ3v) is 5.55. The number of nitrogens with zero attached hydrogens (tertiary/aromatic N) is 2. The molecule has 4 nitrogen and oxygen atoms in total. The van der Waals surface area contributed by atoms with Crippen LogP contribution >= 0.6 is 11.6 Å². The van der Waals surface area contributed by atoms with E-state index in [4.69, 9.17) is 16.6 Å². The highest BCUT2D eigenvalue weighted by molar-refractivity contribution is 6.30. The van der Waals surface area contributed by atoms with E-state index in [0.717, 1.165) is 48.0 Å². The number of amides is 1. The molecule has 1 aliphatic heterocycles. The van der Waals surface area contributed by atoms with Crippen LogP contribution in [0.4, 0.5) is 10.1 Å². The minimum Gasteiger partial charge on any atom is -0.366 e. The lowest BCUT2D eigenvalue weighted by molar-refractivity contribution is 0.0939. The average molecular weight is 424 g/mol. The molecular formula is C24H23ClFN3O. The van der Waals surface area contributed by atoms with Crippen LogP contribution < -0.4 is 10.2 Å². The number of hydrogen-bond donors (Lipinski definition) is 1. The summed E-state index contributed by atoms with van der Waals surface area (Å²) >= 11 is 6.13. The van der Waals surface area contributed by atoms with Crippen molar-refractivity contribution >= 4 is 23.2 Å². The van der Waals surface area contributed by atoms with Crippen molar-refractivity contribution in [3.05, 3.63) is 94.0 Å². The van der Waals surface area contributed by atoms with E-state index in [2.05, 4.69) is 22.3 Å². The van der Waals surface area contributed by atoms with E-state index in [9.17, 15) is 9.18 Å². The molecule has 3 aromatic rings. The van der Waals surface area contributed by atoms with Crippen molar-refractivity contribution in [3.8, 4) is 0 Å². The van der Waals surface area contributed by atoms with E-state index in [1.54, 1.807) is 0 Å². The van der Waals surface area contributed by atoms with Crippen LogP contribution in [0, 0.1) is 5.82 Å². The number of halogens is 2. The van der Waals surface area contributed by atoms with Crippen molar-refractivity contribution < 1.29 is 9.18 Å². The molecule has 4 rings (SSSR count). The average Bonchev–Trinajstić information content (AvgIpc) is 2.74. The smallest absolute Gasteiger partial charge is 0.251 e. The number of nitrogens with one attached hydrogen (secondary N) is 1. The van der Waals surface area contributed by atoms with Gasteiger partial charge in [-0.2, -0.15) is 0 Å². The molecule has 0 radical (unpaired) electrons. The molecule has 0 saturated carbocycles. The monoisotopic (exact) mass is 423 g/mol.